The zero-order chi connectivity index (χ0) is 15.3. The summed E-state index contributed by atoms with van der Waals surface area (Å²) in [4.78, 5) is 20.9. The highest BCUT2D eigenvalue weighted by atomic mass is 16.3. The highest BCUT2D eigenvalue weighted by Crippen LogP contribution is 2.31. The maximum absolute atomic E-state index is 12.2. The molecule has 1 aromatic heterocycles. The number of nitrogens with one attached hydrogen (secondary N) is 1. The third-order valence-corrected chi connectivity index (χ3v) is 4.14. The van der Waals surface area contributed by atoms with Crippen molar-refractivity contribution in [2.75, 3.05) is 13.2 Å². The van der Waals surface area contributed by atoms with E-state index in [1.165, 1.54) is 12.8 Å². The summed E-state index contributed by atoms with van der Waals surface area (Å²) in [5.41, 5.74) is 0.317. The van der Waals surface area contributed by atoms with Gasteiger partial charge in [0, 0.05) is 25.3 Å². The van der Waals surface area contributed by atoms with E-state index in [0.717, 1.165) is 18.7 Å². The zero-order valence-corrected chi connectivity index (χ0v) is 12.9. The number of nitrogens with zero attached hydrogens (tertiary/aromatic N) is 2. The second-order valence-electron chi connectivity index (χ2n) is 6.60. The molecule has 5 nitrogen and oxygen atoms in total. The highest BCUT2D eigenvalue weighted by Gasteiger charge is 2.22. The predicted molar refractivity (Wildman–Crippen MR) is 81.1 cm³/mol. The average molecular weight is 291 g/mol. The first kappa shape index (κ1) is 15.9. The molecule has 1 aliphatic rings. The Labute approximate surface area is 126 Å². The maximum atomic E-state index is 12.2. The first-order chi connectivity index (χ1) is 10.0. The number of aliphatic hydroxyl groups excluding tert-OH is 1. The normalized spacial score (nSPS) is 16.1. The summed E-state index contributed by atoms with van der Waals surface area (Å²) >= 11 is 0. The number of hydrogen-bond acceptors (Lipinski definition) is 4. The van der Waals surface area contributed by atoms with Crippen LogP contribution in [0.4, 0.5) is 0 Å². The van der Waals surface area contributed by atoms with Crippen LogP contribution >= 0.6 is 0 Å². The molecule has 0 aliphatic heterocycles. The van der Waals surface area contributed by atoms with Crippen LogP contribution < -0.4 is 5.32 Å². The van der Waals surface area contributed by atoms with E-state index in [9.17, 15) is 4.79 Å². The van der Waals surface area contributed by atoms with E-state index in [1.807, 2.05) is 13.8 Å². The van der Waals surface area contributed by atoms with Crippen molar-refractivity contribution in [3.63, 3.8) is 0 Å². The summed E-state index contributed by atoms with van der Waals surface area (Å²) in [6, 6.07) is 1.66. The third-order valence-electron chi connectivity index (χ3n) is 4.14. The van der Waals surface area contributed by atoms with Gasteiger partial charge in [0.25, 0.3) is 5.91 Å². The van der Waals surface area contributed by atoms with Crippen LogP contribution in [0.25, 0.3) is 0 Å². The van der Waals surface area contributed by atoms with Crippen LogP contribution in [0.5, 0.6) is 0 Å². The molecule has 0 atom stereocenters. The van der Waals surface area contributed by atoms with Gasteiger partial charge in [-0.05, 0) is 30.7 Å². The quantitative estimate of drug-likeness (QED) is 0.843. The lowest BCUT2D eigenvalue weighted by molar-refractivity contribution is 0.0922. The van der Waals surface area contributed by atoms with Crippen LogP contribution in [0.2, 0.25) is 0 Å². The Morgan fingerprint density at radius 1 is 1.43 bits per heavy atom. The summed E-state index contributed by atoms with van der Waals surface area (Å²) < 4.78 is 0. The van der Waals surface area contributed by atoms with Gasteiger partial charge >= 0.3 is 0 Å². The monoisotopic (exact) mass is 291 g/mol. The van der Waals surface area contributed by atoms with Crippen molar-refractivity contribution in [1.29, 1.82) is 0 Å². The molecule has 116 valence electrons. The molecule has 5 heteroatoms. The predicted octanol–water partition coefficient (Wildman–Crippen LogP) is 2.27. The number of aromatic nitrogens is 2. The van der Waals surface area contributed by atoms with Gasteiger partial charge in [-0.15, -0.1) is 0 Å². The molecule has 0 unspecified atom stereocenters. The minimum absolute atomic E-state index is 0.119. The van der Waals surface area contributed by atoms with Crippen LogP contribution in [-0.4, -0.2) is 34.1 Å². The fourth-order valence-corrected chi connectivity index (χ4v) is 2.68. The van der Waals surface area contributed by atoms with E-state index in [2.05, 4.69) is 15.3 Å². The van der Waals surface area contributed by atoms with E-state index in [0.29, 0.717) is 24.6 Å². The summed E-state index contributed by atoms with van der Waals surface area (Å²) in [6.07, 6.45) is 7.02. The molecule has 1 amide bonds. The first-order valence-electron chi connectivity index (χ1n) is 7.74. The van der Waals surface area contributed by atoms with E-state index >= 15 is 0 Å². The Morgan fingerprint density at radius 2 is 2.14 bits per heavy atom. The number of rotatable bonds is 6. The minimum Gasteiger partial charge on any atom is -0.396 e. The second-order valence-corrected chi connectivity index (χ2v) is 6.60. The van der Waals surface area contributed by atoms with Crippen molar-refractivity contribution in [1.82, 2.24) is 15.3 Å². The van der Waals surface area contributed by atoms with Crippen LogP contribution in [-0.2, 0) is 0 Å². The lowest BCUT2D eigenvalue weighted by Crippen LogP contribution is -2.35. The average Bonchev–Trinajstić information content (AvgIpc) is 2.99. The van der Waals surface area contributed by atoms with Gasteiger partial charge in [-0.25, -0.2) is 9.97 Å². The Kier molecular flexibility index (Phi) is 5.28. The number of amides is 1. The van der Waals surface area contributed by atoms with Gasteiger partial charge < -0.3 is 10.4 Å². The minimum atomic E-state index is -0.164. The maximum Gasteiger partial charge on any atom is 0.270 e. The SMILES string of the molecule is CC(C)(CCO)CNC(=O)c1ccnc(C2CCCC2)n1. The van der Waals surface area contributed by atoms with Gasteiger partial charge in [-0.1, -0.05) is 26.7 Å². The molecule has 21 heavy (non-hydrogen) atoms. The van der Waals surface area contributed by atoms with Gasteiger partial charge in [-0.3, -0.25) is 4.79 Å². The van der Waals surface area contributed by atoms with E-state index in [-0.39, 0.29) is 17.9 Å². The molecular weight excluding hydrogens is 266 g/mol. The van der Waals surface area contributed by atoms with Crippen LogP contribution in [0.1, 0.15) is 68.2 Å². The van der Waals surface area contributed by atoms with Crippen LogP contribution in [0.3, 0.4) is 0 Å². The standard InChI is InChI=1S/C16H25N3O2/c1-16(2,8-10-20)11-18-15(21)13-7-9-17-14(19-13)12-5-3-4-6-12/h7,9,12,20H,3-6,8,10-11H2,1-2H3,(H,18,21). The Morgan fingerprint density at radius 3 is 2.81 bits per heavy atom. The fourth-order valence-electron chi connectivity index (χ4n) is 2.68. The van der Waals surface area contributed by atoms with Gasteiger partial charge in [0.2, 0.25) is 0 Å². The second kappa shape index (κ2) is 6.98. The van der Waals surface area contributed by atoms with Crippen molar-refractivity contribution in [3.8, 4) is 0 Å². The Balaban J connectivity index is 1.97. The van der Waals surface area contributed by atoms with E-state index < -0.39 is 0 Å². The largest absolute Gasteiger partial charge is 0.396 e. The molecule has 1 aromatic rings. The zero-order valence-electron chi connectivity index (χ0n) is 12.9. The summed E-state index contributed by atoms with van der Waals surface area (Å²) in [6.45, 7) is 4.69. The third kappa shape index (κ3) is 4.49. The van der Waals surface area contributed by atoms with Gasteiger partial charge in [0.1, 0.15) is 11.5 Å². The number of aliphatic hydroxyl groups is 1. The summed E-state index contributed by atoms with van der Waals surface area (Å²) in [7, 11) is 0. The molecule has 0 radical (unpaired) electrons. The molecule has 1 aliphatic carbocycles. The molecule has 0 saturated heterocycles. The molecule has 2 rings (SSSR count). The molecule has 1 saturated carbocycles. The molecule has 1 heterocycles. The topological polar surface area (TPSA) is 75.1 Å². The smallest absolute Gasteiger partial charge is 0.270 e. The molecule has 0 bridgehead atoms. The lowest BCUT2D eigenvalue weighted by atomic mass is 9.90. The van der Waals surface area contributed by atoms with Gasteiger partial charge in [0.05, 0.1) is 0 Å². The number of hydrogen-bond donors (Lipinski definition) is 2. The molecule has 0 spiro atoms. The number of carbonyl (C=O) groups is 1. The van der Waals surface area contributed by atoms with Gasteiger partial charge in [0.15, 0.2) is 0 Å². The lowest BCUT2D eigenvalue weighted by Gasteiger charge is -2.23. The number of carbonyl (C=O) groups excluding carboxylic acids is 1. The van der Waals surface area contributed by atoms with E-state index in [1.54, 1.807) is 12.3 Å². The van der Waals surface area contributed by atoms with Crippen LogP contribution in [0, 0.1) is 5.41 Å². The Hall–Kier alpha value is -1.49. The molecule has 1 fully saturated rings. The van der Waals surface area contributed by atoms with E-state index in [4.69, 9.17) is 5.11 Å². The van der Waals surface area contributed by atoms with Crippen molar-refractivity contribution < 1.29 is 9.90 Å². The van der Waals surface area contributed by atoms with Crippen LogP contribution in [0.15, 0.2) is 12.3 Å². The fraction of sp³-hybridized carbons (Fsp3) is 0.688. The van der Waals surface area contributed by atoms with Crippen molar-refractivity contribution >= 4 is 5.91 Å². The molecular formula is C16H25N3O2. The van der Waals surface area contributed by atoms with Gasteiger partial charge in [-0.2, -0.15) is 0 Å². The summed E-state index contributed by atoms with van der Waals surface area (Å²) in [5, 5.41) is 11.9. The highest BCUT2D eigenvalue weighted by molar-refractivity contribution is 5.92. The summed E-state index contributed by atoms with van der Waals surface area (Å²) in [5.74, 6) is 1.04. The Bertz CT molecular complexity index is 482. The van der Waals surface area contributed by atoms with Crippen molar-refractivity contribution in [3.05, 3.63) is 23.8 Å². The van der Waals surface area contributed by atoms with Crippen molar-refractivity contribution in [2.45, 2.75) is 51.9 Å². The first-order valence-corrected chi connectivity index (χ1v) is 7.74. The molecule has 0 aromatic carbocycles. The molecule has 2 N–H and O–H groups in total. The van der Waals surface area contributed by atoms with Crippen molar-refractivity contribution in [2.24, 2.45) is 5.41 Å².